The van der Waals surface area contributed by atoms with Gasteiger partial charge in [0.2, 0.25) is 5.91 Å². The van der Waals surface area contributed by atoms with Gasteiger partial charge in [-0.1, -0.05) is 18.6 Å². The zero-order valence-electron chi connectivity index (χ0n) is 12.9. The van der Waals surface area contributed by atoms with Gasteiger partial charge in [0.05, 0.1) is 5.41 Å². The van der Waals surface area contributed by atoms with E-state index >= 15 is 0 Å². The molecule has 0 spiro atoms. The summed E-state index contributed by atoms with van der Waals surface area (Å²) in [5.74, 6) is -0.0925. The van der Waals surface area contributed by atoms with Gasteiger partial charge in [-0.15, -0.1) is 0 Å². The monoisotopic (exact) mass is 302 g/mol. The molecule has 1 amide bonds. The Morgan fingerprint density at radius 3 is 2.64 bits per heavy atom. The van der Waals surface area contributed by atoms with Gasteiger partial charge in [-0.3, -0.25) is 9.69 Å². The van der Waals surface area contributed by atoms with Gasteiger partial charge in [0.15, 0.2) is 0 Å². The van der Waals surface area contributed by atoms with Crippen LogP contribution in [0.15, 0.2) is 24.3 Å². The van der Waals surface area contributed by atoms with Crippen LogP contribution < -0.4 is 5.32 Å². The third-order valence-corrected chi connectivity index (χ3v) is 5.75. The molecule has 4 heteroatoms. The molecule has 3 aliphatic rings. The largest absolute Gasteiger partial charge is 0.351 e. The molecule has 1 aromatic carbocycles. The smallest absolute Gasteiger partial charge is 0.230 e. The number of amides is 1. The van der Waals surface area contributed by atoms with Gasteiger partial charge in [-0.2, -0.15) is 0 Å². The summed E-state index contributed by atoms with van der Waals surface area (Å²) < 4.78 is 13.1. The summed E-state index contributed by atoms with van der Waals surface area (Å²) in [6.45, 7) is 2.29. The quantitative estimate of drug-likeness (QED) is 0.931. The van der Waals surface area contributed by atoms with E-state index in [1.807, 2.05) is 0 Å². The Bertz CT molecular complexity index is 567. The molecule has 1 aliphatic carbocycles. The van der Waals surface area contributed by atoms with Crippen molar-refractivity contribution in [3.63, 3.8) is 0 Å². The molecule has 118 valence electrons. The number of nitrogens with one attached hydrogen (secondary N) is 1. The fourth-order valence-electron chi connectivity index (χ4n) is 4.26. The number of hydrogen-bond acceptors (Lipinski definition) is 2. The Hall–Kier alpha value is -1.42. The van der Waals surface area contributed by atoms with E-state index in [-0.39, 0.29) is 11.7 Å². The highest BCUT2D eigenvalue weighted by molar-refractivity contribution is 5.91. The molecule has 2 atom stereocenters. The van der Waals surface area contributed by atoms with Crippen LogP contribution >= 0.6 is 0 Å². The first-order valence-corrected chi connectivity index (χ1v) is 8.50. The van der Waals surface area contributed by atoms with Crippen LogP contribution in [-0.4, -0.2) is 36.0 Å². The number of rotatable bonds is 3. The highest BCUT2D eigenvalue weighted by Crippen LogP contribution is 2.48. The number of piperidine rings is 1. The summed E-state index contributed by atoms with van der Waals surface area (Å²) in [7, 11) is 0. The molecule has 1 aromatic rings. The van der Waals surface area contributed by atoms with Gasteiger partial charge in [0.1, 0.15) is 5.82 Å². The predicted octanol–water partition coefficient (Wildman–Crippen LogP) is 2.60. The van der Waals surface area contributed by atoms with Crippen molar-refractivity contribution < 1.29 is 9.18 Å². The van der Waals surface area contributed by atoms with Gasteiger partial charge in [0, 0.05) is 18.6 Å². The maximum absolute atomic E-state index is 13.1. The summed E-state index contributed by atoms with van der Waals surface area (Å²) in [5.41, 5.74) is 0.570. The minimum Gasteiger partial charge on any atom is -0.351 e. The summed E-state index contributed by atoms with van der Waals surface area (Å²) in [4.78, 5) is 15.4. The number of hydrogen-bond donors (Lipinski definition) is 1. The number of fused-ring (bicyclic) bond motifs is 1. The zero-order valence-corrected chi connectivity index (χ0v) is 12.9. The second-order valence-corrected chi connectivity index (χ2v) is 7.06. The van der Waals surface area contributed by atoms with E-state index < -0.39 is 5.41 Å². The molecule has 1 N–H and O–H groups in total. The van der Waals surface area contributed by atoms with Crippen molar-refractivity contribution in [3.05, 3.63) is 35.6 Å². The van der Waals surface area contributed by atoms with Crippen molar-refractivity contribution in [2.75, 3.05) is 13.1 Å². The Kier molecular flexibility index (Phi) is 3.44. The molecule has 3 nitrogen and oxygen atoms in total. The molecule has 0 aromatic heterocycles. The first-order chi connectivity index (χ1) is 10.7. The fraction of sp³-hybridized carbons (Fsp3) is 0.611. The van der Waals surface area contributed by atoms with Crippen LogP contribution in [0.2, 0.25) is 0 Å². The zero-order chi connectivity index (χ0) is 15.2. The Balaban J connectivity index is 1.47. The second-order valence-electron chi connectivity index (χ2n) is 7.06. The molecule has 1 saturated carbocycles. The standard InChI is InChI=1S/C18H23FN2O/c19-14-6-4-13(5-7-14)18(9-10-18)17(22)20-15-8-12-21-11-2-1-3-16(15)21/h4-7,15-16H,1-3,8-12H2,(H,20,22)/t15-,16+/m1/s1. The van der Waals surface area contributed by atoms with E-state index in [9.17, 15) is 9.18 Å². The van der Waals surface area contributed by atoms with E-state index in [0.29, 0.717) is 12.1 Å². The minimum atomic E-state index is -0.393. The number of nitrogens with zero attached hydrogens (tertiary/aromatic N) is 1. The van der Waals surface area contributed by atoms with E-state index in [4.69, 9.17) is 0 Å². The molecule has 0 unspecified atom stereocenters. The Labute approximate surface area is 130 Å². The summed E-state index contributed by atoms with van der Waals surface area (Å²) in [5, 5.41) is 3.32. The highest BCUT2D eigenvalue weighted by Gasteiger charge is 2.52. The van der Waals surface area contributed by atoms with Crippen LogP contribution in [-0.2, 0) is 10.2 Å². The number of carbonyl (C=O) groups excluding carboxylic acids is 1. The number of benzene rings is 1. The highest BCUT2D eigenvalue weighted by atomic mass is 19.1. The van der Waals surface area contributed by atoms with Crippen molar-refractivity contribution in [2.45, 2.75) is 56.0 Å². The summed E-state index contributed by atoms with van der Waals surface area (Å²) in [6.07, 6.45) is 6.59. The first kappa shape index (κ1) is 14.2. The number of halogens is 1. The van der Waals surface area contributed by atoms with Gasteiger partial charge >= 0.3 is 0 Å². The van der Waals surface area contributed by atoms with Crippen LogP contribution in [0.5, 0.6) is 0 Å². The van der Waals surface area contributed by atoms with E-state index in [1.165, 1.54) is 37.9 Å². The van der Waals surface area contributed by atoms with Gasteiger partial charge < -0.3 is 5.32 Å². The summed E-state index contributed by atoms with van der Waals surface area (Å²) >= 11 is 0. The van der Waals surface area contributed by atoms with Crippen LogP contribution in [0.1, 0.15) is 44.1 Å². The average Bonchev–Trinajstić information content (AvgIpc) is 3.26. The van der Waals surface area contributed by atoms with Crippen LogP contribution in [0.3, 0.4) is 0 Å². The lowest BCUT2D eigenvalue weighted by molar-refractivity contribution is -0.124. The second kappa shape index (κ2) is 5.34. The molecule has 2 saturated heterocycles. The van der Waals surface area contributed by atoms with Crippen LogP contribution in [0, 0.1) is 5.82 Å². The van der Waals surface area contributed by atoms with Gasteiger partial charge in [-0.05, 0) is 56.3 Å². The van der Waals surface area contributed by atoms with Gasteiger partial charge in [0.25, 0.3) is 0 Å². The maximum atomic E-state index is 13.1. The van der Waals surface area contributed by atoms with Crippen molar-refractivity contribution in [1.82, 2.24) is 10.2 Å². The van der Waals surface area contributed by atoms with Crippen molar-refractivity contribution >= 4 is 5.91 Å². The summed E-state index contributed by atoms with van der Waals surface area (Å²) in [6, 6.07) is 7.28. The lowest BCUT2D eigenvalue weighted by Gasteiger charge is -2.33. The van der Waals surface area contributed by atoms with E-state index in [1.54, 1.807) is 12.1 Å². The van der Waals surface area contributed by atoms with E-state index in [2.05, 4.69) is 10.2 Å². The third-order valence-electron chi connectivity index (χ3n) is 5.75. The lowest BCUT2D eigenvalue weighted by atomic mass is 9.93. The average molecular weight is 302 g/mol. The molecular formula is C18H23FN2O. The molecule has 0 radical (unpaired) electrons. The SMILES string of the molecule is O=C(N[C@@H]1CCN2CCCC[C@@H]12)C1(c2ccc(F)cc2)CC1. The van der Waals surface area contributed by atoms with E-state index in [0.717, 1.165) is 31.4 Å². The van der Waals surface area contributed by atoms with Crippen LogP contribution in [0.25, 0.3) is 0 Å². The van der Waals surface area contributed by atoms with Gasteiger partial charge in [-0.25, -0.2) is 4.39 Å². The first-order valence-electron chi connectivity index (χ1n) is 8.50. The minimum absolute atomic E-state index is 0.150. The molecular weight excluding hydrogens is 279 g/mol. The molecule has 22 heavy (non-hydrogen) atoms. The van der Waals surface area contributed by atoms with Crippen molar-refractivity contribution in [1.29, 1.82) is 0 Å². The fourth-order valence-corrected chi connectivity index (χ4v) is 4.26. The topological polar surface area (TPSA) is 32.3 Å². The van der Waals surface area contributed by atoms with Crippen molar-refractivity contribution in [3.8, 4) is 0 Å². The Morgan fingerprint density at radius 1 is 1.14 bits per heavy atom. The molecule has 4 rings (SSSR count). The number of carbonyl (C=O) groups is 1. The lowest BCUT2D eigenvalue weighted by Crippen LogP contribution is -2.49. The molecule has 3 fully saturated rings. The normalized spacial score (nSPS) is 29.9. The molecule has 0 bridgehead atoms. The molecule has 2 aliphatic heterocycles. The molecule has 2 heterocycles. The predicted molar refractivity (Wildman–Crippen MR) is 83.1 cm³/mol. The van der Waals surface area contributed by atoms with Crippen LogP contribution in [0.4, 0.5) is 4.39 Å². The maximum Gasteiger partial charge on any atom is 0.230 e. The Morgan fingerprint density at radius 2 is 1.91 bits per heavy atom. The third kappa shape index (κ3) is 2.34. The van der Waals surface area contributed by atoms with Crippen molar-refractivity contribution in [2.24, 2.45) is 0 Å².